The van der Waals surface area contributed by atoms with Crippen molar-refractivity contribution in [2.75, 3.05) is 0 Å². The van der Waals surface area contributed by atoms with Gasteiger partial charge in [-0.3, -0.25) is 9.59 Å². The molecule has 0 unspecified atom stereocenters. The summed E-state index contributed by atoms with van der Waals surface area (Å²) in [7, 11) is 0. The van der Waals surface area contributed by atoms with Crippen LogP contribution in [0.1, 0.15) is 44.3 Å². The maximum Gasteiger partial charge on any atom is 0.308 e. The summed E-state index contributed by atoms with van der Waals surface area (Å²) in [6.45, 7) is 7.54. The van der Waals surface area contributed by atoms with E-state index in [0.717, 1.165) is 5.01 Å². The monoisotopic (exact) mass is 295 g/mol. The highest BCUT2D eigenvalue weighted by molar-refractivity contribution is 7.16. The van der Waals surface area contributed by atoms with Crippen molar-refractivity contribution in [2.45, 2.75) is 40.2 Å². The number of hydrogen-bond donors (Lipinski definition) is 0. The number of esters is 1. The van der Waals surface area contributed by atoms with E-state index in [4.69, 9.17) is 4.74 Å². The molecule has 2 aromatic rings. The average Bonchev–Trinajstić information content (AvgIpc) is 2.80. The van der Waals surface area contributed by atoms with Gasteiger partial charge in [-0.2, -0.15) is 9.61 Å². The van der Waals surface area contributed by atoms with Gasteiger partial charge in [-0.05, 0) is 0 Å². The van der Waals surface area contributed by atoms with Crippen LogP contribution in [-0.2, 0) is 16.1 Å². The number of ether oxygens (including phenoxy) is 1. The smallest absolute Gasteiger partial charge is 0.308 e. The lowest BCUT2D eigenvalue weighted by atomic mass is 10.2. The quantitative estimate of drug-likeness (QED) is 0.806. The van der Waals surface area contributed by atoms with Crippen molar-refractivity contribution in [1.29, 1.82) is 0 Å². The molecule has 0 saturated carbocycles. The number of fused-ring (bicyclic) bond motifs is 1. The van der Waals surface area contributed by atoms with Gasteiger partial charge in [0, 0.05) is 12.0 Å². The van der Waals surface area contributed by atoms with Crippen molar-refractivity contribution in [3.63, 3.8) is 0 Å². The molecular formula is C13H17N3O3S. The van der Waals surface area contributed by atoms with Gasteiger partial charge < -0.3 is 4.74 Å². The van der Waals surface area contributed by atoms with Gasteiger partial charge in [0.15, 0.2) is 0 Å². The first-order valence-corrected chi connectivity index (χ1v) is 7.26. The van der Waals surface area contributed by atoms with E-state index in [1.807, 2.05) is 13.8 Å². The minimum atomic E-state index is -0.306. The molecule has 7 heteroatoms. The fourth-order valence-corrected chi connectivity index (χ4v) is 2.42. The molecule has 2 rings (SSSR count). The first-order chi connectivity index (χ1) is 9.38. The third-order valence-corrected chi connectivity index (χ3v) is 3.85. The summed E-state index contributed by atoms with van der Waals surface area (Å²) >= 11 is 1.37. The van der Waals surface area contributed by atoms with E-state index >= 15 is 0 Å². The molecule has 0 radical (unpaired) electrons. The molecular weight excluding hydrogens is 278 g/mol. The Morgan fingerprint density at radius 2 is 2.10 bits per heavy atom. The molecule has 0 saturated heterocycles. The third kappa shape index (κ3) is 3.04. The zero-order valence-electron chi connectivity index (χ0n) is 11.9. The van der Waals surface area contributed by atoms with Crippen molar-refractivity contribution >= 4 is 22.3 Å². The normalized spacial score (nSPS) is 11.5. The summed E-state index contributed by atoms with van der Waals surface area (Å²) < 4.78 is 6.37. The maximum absolute atomic E-state index is 11.9. The topological polar surface area (TPSA) is 73.6 Å². The zero-order valence-corrected chi connectivity index (χ0v) is 12.7. The number of rotatable bonds is 4. The van der Waals surface area contributed by atoms with E-state index in [1.165, 1.54) is 21.9 Å². The summed E-state index contributed by atoms with van der Waals surface area (Å²) in [5.41, 5.74) is 0.191. The van der Waals surface area contributed by atoms with Crippen LogP contribution in [0.25, 0.3) is 4.96 Å². The molecule has 108 valence electrons. The summed E-state index contributed by atoms with van der Waals surface area (Å²) in [4.78, 5) is 28.2. The number of nitrogens with zero attached hydrogens (tertiary/aromatic N) is 3. The molecule has 0 aliphatic carbocycles. The van der Waals surface area contributed by atoms with E-state index in [9.17, 15) is 9.59 Å². The molecule has 0 aliphatic rings. The lowest BCUT2D eigenvalue weighted by Gasteiger charge is -2.05. The largest absolute Gasteiger partial charge is 0.459 e. The standard InChI is InChI=1S/C13H17N3O3S/c1-7(2)11-15-16-10(17)5-9(14-13(16)20-11)6-19-12(18)8(3)4/h5,7-8H,6H2,1-4H3. The molecule has 0 atom stereocenters. The maximum atomic E-state index is 11.9. The Balaban J connectivity index is 2.28. The van der Waals surface area contributed by atoms with Gasteiger partial charge in [0.2, 0.25) is 4.96 Å². The second-order valence-electron chi connectivity index (χ2n) is 5.14. The van der Waals surface area contributed by atoms with Gasteiger partial charge in [0.1, 0.15) is 11.6 Å². The first kappa shape index (κ1) is 14.6. The highest BCUT2D eigenvalue weighted by Crippen LogP contribution is 2.19. The van der Waals surface area contributed by atoms with Gasteiger partial charge in [-0.25, -0.2) is 4.98 Å². The lowest BCUT2D eigenvalue weighted by molar-refractivity contribution is -0.148. The van der Waals surface area contributed by atoms with Gasteiger partial charge >= 0.3 is 5.97 Å². The van der Waals surface area contributed by atoms with Crippen LogP contribution in [0.15, 0.2) is 10.9 Å². The van der Waals surface area contributed by atoms with E-state index in [0.29, 0.717) is 10.7 Å². The molecule has 0 amide bonds. The summed E-state index contributed by atoms with van der Waals surface area (Å²) in [5.74, 6) is -0.265. The fraction of sp³-hybridized carbons (Fsp3) is 0.538. The van der Waals surface area contributed by atoms with Crippen LogP contribution < -0.4 is 5.56 Å². The van der Waals surface area contributed by atoms with Gasteiger partial charge in [0.05, 0.1) is 11.6 Å². The van der Waals surface area contributed by atoms with Gasteiger partial charge in [-0.1, -0.05) is 39.0 Å². The predicted molar refractivity (Wildman–Crippen MR) is 75.9 cm³/mol. The molecule has 0 spiro atoms. The van der Waals surface area contributed by atoms with Crippen molar-refractivity contribution in [3.05, 3.63) is 27.1 Å². The molecule has 0 fully saturated rings. The van der Waals surface area contributed by atoms with Crippen molar-refractivity contribution in [1.82, 2.24) is 14.6 Å². The van der Waals surface area contributed by atoms with Crippen LogP contribution in [0.3, 0.4) is 0 Å². The van der Waals surface area contributed by atoms with Gasteiger partial charge in [-0.15, -0.1) is 0 Å². The Bertz CT molecular complexity index is 688. The number of hydrogen-bond acceptors (Lipinski definition) is 6. The Kier molecular flexibility index (Phi) is 4.17. The molecule has 2 heterocycles. The summed E-state index contributed by atoms with van der Waals surface area (Å²) in [5, 5.41) is 5.08. The Morgan fingerprint density at radius 1 is 1.40 bits per heavy atom. The van der Waals surface area contributed by atoms with Crippen molar-refractivity contribution < 1.29 is 9.53 Å². The van der Waals surface area contributed by atoms with Crippen LogP contribution in [0.2, 0.25) is 0 Å². The Labute approximate surface area is 120 Å². The van der Waals surface area contributed by atoms with Crippen LogP contribution in [0.5, 0.6) is 0 Å². The second-order valence-corrected chi connectivity index (χ2v) is 6.13. The SMILES string of the molecule is CC(C)C(=O)OCc1cc(=O)n2nc(C(C)C)sc2n1. The second kappa shape index (κ2) is 5.70. The minimum Gasteiger partial charge on any atom is -0.459 e. The Hall–Kier alpha value is -1.76. The number of aromatic nitrogens is 3. The van der Waals surface area contributed by atoms with Gasteiger partial charge in [0.25, 0.3) is 5.56 Å². The average molecular weight is 295 g/mol. The molecule has 0 N–H and O–H groups in total. The van der Waals surface area contributed by atoms with Crippen molar-refractivity contribution in [3.8, 4) is 0 Å². The summed E-state index contributed by atoms with van der Waals surface area (Å²) in [6.07, 6.45) is 0. The lowest BCUT2D eigenvalue weighted by Crippen LogP contribution is -2.17. The number of carbonyl (C=O) groups is 1. The van der Waals surface area contributed by atoms with E-state index in [1.54, 1.807) is 13.8 Å². The molecule has 0 bridgehead atoms. The van der Waals surface area contributed by atoms with Crippen LogP contribution in [-0.4, -0.2) is 20.6 Å². The first-order valence-electron chi connectivity index (χ1n) is 6.44. The third-order valence-electron chi connectivity index (χ3n) is 2.64. The highest BCUT2D eigenvalue weighted by Gasteiger charge is 2.13. The van der Waals surface area contributed by atoms with Crippen LogP contribution in [0.4, 0.5) is 0 Å². The number of carbonyl (C=O) groups excluding carboxylic acids is 1. The summed E-state index contributed by atoms with van der Waals surface area (Å²) in [6, 6.07) is 1.35. The van der Waals surface area contributed by atoms with Crippen molar-refractivity contribution in [2.24, 2.45) is 5.92 Å². The van der Waals surface area contributed by atoms with E-state index < -0.39 is 0 Å². The molecule has 2 aromatic heterocycles. The zero-order chi connectivity index (χ0) is 14.9. The van der Waals surface area contributed by atoms with E-state index in [2.05, 4.69) is 10.1 Å². The Morgan fingerprint density at radius 3 is 2.70 bits per heavy atom. The fourth-order valence-electron chi connectivity index (χ4n) is 1.49. The molecule has 0 aromatic carbocycles. The van der Waals surface area contributed by atoms with Crippen LogP contribution in [0, 0.1) is 5.92 Å². The molecule has 6 nitrogen and oxygen atoms in total. The highest BCUT2D eigenvalue weighted by atomic mass is 32.1. The molecule has 0 aliphatic heterocycles. The molecule has 20 heavy (non-hydrogen) atoms. The van der Waals surface area contributed by atoms with E-state index in [-0.39, 0.29) is 30.0 Å². The van der Waals surface area contributed by atoms with Crippen LogP contribution >= 0.6 is 11.3 Å². The predicted octanol–water partition coefficient (Wildman–Crippen LogP) is 1.97. The minimum absolute atomic E-state index is 0.0116.